The molecule has 1 saturated heterocycles. The third-order valence-corrected chi connectivity index (χ3v) is 12.6. The zero-order valence-electron chi connectivity index (χ0n) is 35.5. The van der Waals surface area contributed by atoms with Crippen LogP contribution in [0.5, 0.6) is 0 Å². The van der Waals surface area contributed by atoms with E-state index >= 15 is 0 Å². The average Bonchev–Trinajstić information content (AvgIpc) is 3.87. The Morgan fingerprint density at radius 1 is 1.00 bits per heavy atom. The summed E-state index contributed by atoms with van der Waals surface area (Å²) in [6, 6.07) is 6.35. The van der Waals surface area contributed by atoms with Gasteiger partial charge in [-0.25, -0.2) is 9.78 Å². The molecule has 0 aliphatic carbocycles. The molecule has 316 valence electrons. The van der Waals surface area contributed by atoms with Gasteiger partial charge >= 0.3 is 5.97 Å². The molecule has 1 aromatic carbocycles. The van der Waals surface area contributed by atoms with Crippen LogP contribution in [0.1, 0.15) is 94.3 Å². The molecule has 4 rings (SSSR count). The van der Waals surface area contributed by atoms with Crippen molar-refractivity contribution < 1.29 is 38.2 Å². The van der Waals surface area contributed by atoms with Gasteiger partial charge < -0.3 is 34.6 Å². The molecule has 2 aromatic rings. The van der Waals surface area contributed by atoms with Crippen LogP contribution >= 0.6 is 11.3 Å². The van der Waals surface area contributed by atoms with Crippen LogP contribution in [0.4, 0.5) is 0 Å². The van der Waals surface area contributed by atoms with Crippen molar-refractivity contribution in [1.29, 1.82) is 0 Å². The van der Waals surface area contributed by atoms with E-state index in [1.54, 1.807) is 69.3 Å². The number of amides is 4. The molecule has 10 atom stereocenters. The standard InChI is InChI=1S/C42H64N6O8S/c1-12-25(4)35-32(54-10)22-33(49)48-20-16-19-31(48)37(55-11)26(5)38(50)43-29(21-28-17-14-13-15-18-28)40-44-30(23-57-40)42(53)56-27(6)36(46(7)8)39(51)45-34(24(2)3)41(52)47(35)9/h13-15,17-18,23-27,29,31-32,34-37H,12,16,19-22H2,1-11H3,(H,43,50)(H,45,51)/t25-,26-,27+,29-,31-,32+,34-,35-,36-,37-/m0/s1. The molecule has 1 aromatic heterocycles. The van der Waals surface area contributed by atoms with Gasteiger partial charge in [0.15, 0.2) is 5.69 Å². The number of aromatic nitrogens is 1. The molecular weight excluding hydrogens is 749 g/mol. The lowest BCUT2D eigenvalue weighted by Gasteiger charge is -2.41. The number of hydrogen-bond acceptors (Lipinski definition) is 11. The number of hydrogen-bond donors (Lipinski definition) is 2. The van der Waals surface area contributed by atoms with Gasteiger partial charge in [0, 0.05) is 33.2 Å². The van der Waals surface area contributed by atoms with Gasteiger partial charge in [-0.15, -0.1) is 11.3 Å². The van der Waals surface area contributed by atoms with Gasteiger partial charge in [0.2, 0.25) is 23.6 Å². The molecule has 1 fully saturated rings. The normalized spacial score (nSPS) is 29.6. The van der Waals surface area contributed by atoms with Crippen molar-refractivity contribution in [1.82, 2.24) is 30.3 Å². The van der Waals surface area contributed by atoms with Gasteiger partial charge in [0.05, 0.1) is 42.7 Å². The van der Waals surface area contributed by atoms with Crippen molar-refractivity contribution in [2.45, 2.75) is 122 Å². The topological polar surface area (TPSA) is 160 Å². The molecule has 0 unspecified atom stereocenters. The highest BCUT2D eigenvalue weighted by atomic mass is 32.1. The van der Waals surface area contributed by atoms with E-state index in [-0.39, 0.29) is 47.7 Å². The minimum Gasteiger partial charge on any atom is -0.456 e. The number of carbonyl (C=O) groups is 5. The first-order valence-corrected chi connectivity index (χ1v) is 21.0. The number of thiazole rings is 1. The Morgan fingerprint density at radius 3 is 2.28 bits per heavy atom. The Balaban J connectivity index is 1.79. The van der Waals surface area contributed by atoms with Crippen LogP contribution in [0.25, 0.3) is 0 Å². The monoisotopic (exact) mass is 812 g/mol. The first-order chi connectivity index (χ1) is 27.0. The second kappa shape index (κ2) is 20.7. The highest BCUT2D eigenvalue weighted by molar-refractivity contribution is 7.09. The van der Waals surface area contributed by atoms with Crippen LogP contribution in [0.2, 0.25) is 0 Å². The Labute approximate surface area is 342 Å². The quantitative estimate of drug-likeness (QED) is 0.372. The summed E-state index contributed by atoms with van der Waals surface area (Å²) >= 11 is 1.23. The number of likely N-dealkylation sites (N-methyl/N-ethyl adjacent to an activating group) is 2. The van der Waals surface area contributed by atoms with E-state index in [4.69, 9.17) is 14.2 Å². The molecule has 3 heterocycles. The molecular formula is C42H64N6O8S. The number of cyclic esters (lactones) is 1. The van der Waals surface area contributed by atoms with Crippen molar-refractivity contribution in [3.05, 3.63) is 52.0 Å². The Hall–Kier alpha value is -3.92. The number of fused-ring (bicyclic) bond motifs is 3. The van der Waals surface area contributed by atoms with Crippen LogP contribution in [0.3, 0.4) is 0 Å². The van der Waals surface area contributed by atoms with Crippen LogP contribution < -0.4 is 10.6 Å². The molecule has 4 amide bonds. The summed E-state index contributed by atoms with van der Waals surface area (Å²) in [4.78, 5) is 80.3. The molecule has 0 saturated carbocycles. The van der Waals surface area contributed by atoms with Crippen molar-refractivity contribution in [3.63, 3.8) is 0 Å². The fraction of sp³-hybridized carbons (Fsp3) is 0.667. The lowest BCUT2D eigenvalue weighted by molar-refractivity contribution is -0.148. The molecule has 0 radical (unpaired) electrons. The highest BCUT2D eigenvalue weighted by Crippen LogP contribution is 2.31. The van der Waals surface area contributed by atoms with Crippen LogP contribution in [0, 0.1) is 17.8 Å². The van der Waals surface area contributed by atoms with Gasteiger partial charge in [-0.1, -0.05) is 71.4 Å². The van der Waals surface area contributed by atoms with Crippen molar-refractivity contribution in [2.75, 3.05) is 41.9 Å². The molecule has 15 heteroatoms. The van der Waals surface area contributed by atoms with Crippen molar-refractivity contribution >= 4 is 40.9 Å². The number of nitrogens with one attached hydrogen (secondary N) is 2. The predicted octanol–water partition coefficient (Wildman–Crippen LogP) is 4.09. The summed E-state index contributed by atoms with van der Waals surface area (Å²) in [6.07, 6.45) is 0.305. The lowest BCUT2D eigenvalue weighted by atomic mass is 9.89. The van der Waals surface area contributed by atoms with Crippen LogP contribution in [-0.4, -0.2) is 134 Å². The maximum atomic E-state index is 14.4. The van der Waals surface area contributed by atoms with Crippen LogP contribution in [-0.2, 0) is 39.8 Å². The zero-order chi connectivity index (χ0) is 42.1. The first kappa shape index (κ1) is 45.8. The number of esters is 1. The molecule has 14 nitrogen and oxygen atoms in total. The maximum absolute atomic E-state index is 14.4. The fourth-order valence-electron chi connectivity index (χ4n) is 8.33. The summed E-state index contributed by atoms with van der Waals surface area (Å²) in [6.45, 7) is 11.7. The fourth-order valence-corrected chi connectivity index (χ4v) is 9.17. The van der Waals surface area contributed by atoms with E-state index in [1.807, 2.05) is 58.0 Å². The SMILES string of the molecule is CC[C@H](C)[C@H]1[C@H](OC)CC(=O)N2CCC[C@H]2[C@@H](OC)[C@H](C)C(=O)N[C@@H](Cc2ccccc2)c2nc(cs2)C(=O)O[C@H](C)[C@H](N(C)C)C(=O)N[C@@H](C(C)C)C(=O)N1C. The van der Waals surface area contributed by atoms with Gasteiger partial charge in [-0.2, -0.15) is 0 Å². The zero-order valence-corrected chi connectivity index (χ0v) is 36.3. The number of ether oxygens (including phenoxy) is 3. The first-order valence-electron chi connectivity index (χ1n) is 20.1. The number of nitrogens with zero attached hydrogens (tertiary/aromatic N) is 4. The van der Waals surface area contributed by atoms with E-state index in [1.165, 1.54) is 11.3 Å². The molecule has 57 heavy (non-hydrogen) atoms. The summed E-state index contributed by atoms with van der Waals surface area (Å²) < 4.78 is 17.9. The minimum absolute atomic E-state index is 0.00641. The third-order valence-electron chi connectivity index (χ3n) is 11.7. The van der Waals surface area contributed by atoms with Crippen LogP contribution in [0.15, 0.2) is 35.7 Å². The lowest BCUT2D eigenvalue weighted by Crippen LogP contribution is -2.60. The molecule has 2 bridgehead atoms. The number of methoxy groups -OCH3 is 2. The third kappa shape index (κ3) is 11.0. The van der Waals surface area contributed by atoms with Gasteiger partial charge in [-0.3, -0.25) is 24.1 Å². The smallest absolute Gasteiger partial charge is 0.358 e. The number of rotatable bonds is 8. The van der Waals surface area contributed by atoms with E-state index in [2.05, 4.69) is 15.6 Å². The second-order valence-electron chi connectivity index (χ2n) is 16.2. The van der Waals surface area contributed by atoms with Gasteiger partial charge in [0.25, 0.3) is 0 Å². The van der Waals surface area contributed by atoms with Gasteiger partial charge in [0.1, 0.15) is 23.2 Å². The summed E-state index contributed by atoms with van der Waals surface area (Å²) in [5.41, 5.74) is 1.01. The molecule has 2 aliphatic rings. The summed E-state index contributed by atoms with van der Waals surface area (Å²) in [5.74, 6) is -2.97. The van der Waals surface area contributed by atoms with E-state index < -0.39 is 60.3 Å². The Kier molecular flexibility index (Phi) is 16.6. The molecule has 2 N–H and O–H groups in total. The number of benzene rings is 1. The molecule has 2 aliphatic heterocycles. The van der Waals surface area contributed by atoms with E-state index in [0.717, 1.165) is 12.0 Å². The maximum Gasteiger partial charge on any atom is 0.358 e. The molecule has 0 spiro atoms. The highest BCUT2D eigenvalue weighted by Gasteiger charge is 2.44. The van der Waals surface area contributed by atoms with Crippen molar-refractivity contribution in [3.8, 4) is 0 Å². The number of carbonyl (C=O) groups excluding carboxylic acids is 5. The van der Waals surface area contributed by atoms with E-state index in [0.29, 0.717) is 30.8 Å². The summed E-state index contributed by atoms with van der Waals surface area (Å²) in [5, 5.41) is 8.25. The van der Waals surface area contributed by atoms with Gasteiger partial charge in [-0.05, 0) is 57.7 Å². The Bertz CT molecular complexity index is 1670. The van der Waals surface area contributed by atoms with Crippen molar-refractivity contribution in [2.24, 2.45) is 17.8 Å². The predicted molar refractivity (Wildman–Crippen MR) is 218 cm³/mol. The largest absolute Gasteiger partial charge is 0.456 e. The second-order valence-corrected chi connectivity index (χ2v) is 17.0. The Morgan fingerprint density at radius 2 is 1.68 bits per heavy atom. The minimum atomic E-state index is -0.948. The average molecular weight is 813 g/mol. The summed E-state index contributed by atoms with van der Waals surface area (Å²) in [7, 11) is 8.21. The van der Waals surface area contributed by atoms with E-state index in [9.17, 15) is 24.0 Å².